The van der Waals surface area contributed by atoms with E-state index in [9.17, 15) is 9.59 Å². The molecule has 3 rings (SSSR count). The highest BCUT2D eigenvalue weighted by atomic mass is 32.1. The van der Waals surface area contributed by atoms with Gasteiger partial charge in [-0.15, -0.1) is 11.3 Å². The largest absolute Gasteiger partial charge is 0.478 e. The van der Waals surface area contributed by atoms with Crippen LogP contribution < -0.4 is 0 Å². The molecule has 1 aromatic heterocycles. The molecule has 134 valence electrons. The fourth-order valence-corrected chi connectivity index (χ4v) is 4.01. The number of rotatable bonds is 2. The minimum absolute atomic E-state index is 0.254. The summed E-state index contributed by atoms with van der Waals surface area (Å²) >= 11 is 1.61. The quantitative estimate of drug-likeness (QED) is 0.870. The van der Waals surface area contributed by atoms with Crippen LogP contribution in [0.1, 0.15) is 54.9 Å². The van der Waals surface area contributed by atoms with Crippen LogP contribution in [-0.4, -0.2) is 45.7 Å². The lowest BCUT2D eigenvalue weighted by Crippen LogP contribution is -2.41. The second-order valence-corrected chi connectivity index (χ2v) is 8.34. The Morgan fingerprint density at radius 1 is 1.28 bits per heavy atom. The molecule has 2 heterocycles. The number of carboxylic acid groups (broad SMARTS) is 1. The number of hydrogen-bond donors (Lipinski definition) is 1. The maximum atomic E-state index is 12.1. The molecule has 25 heavy (non-hydrogen) atoms. The number of amides is 1. The van der Waals surface area contributed by atoms with Gasteiger partial charge in [0.15, 0.2) is 0 Å². The van der Waals surface area contributed by atoms with Crippen LogP contribution >= 0.6 is 11.3 Å². The van der Waals surface area contributed by atoms with E-state index in [0.29, 0.717) is 19.0 Å². The standard InChI is InChI=1S/C18H22N2O4S/c1-18(2,3)24-17(23)20-8-6-11(7-9-20)15-19-13-10-12(16(21)22)4-5-14(13)25-15/h4-5,10-11H,6-9H2,1-3H3,(H,21,22). The number of carbonyl (C=O) groups is 2. The molecule has 1 amide bonds. The van der Waals surface area contributed by atoms with Crippen LogP contribution in [-0.2, 0) is 4.74 Å². The Bertz CT molecular complexity index is 801. The topological polar surface area (TPSA) is 79.7 Å². The summed E-state index contributed by atoms with van der Waals surface area (Å²) in [7, 11) is 0. The van der Waals surface area contributed by atoms with Crippen molar-refractivity contribution in [3.05, 3.63) is 28.8 Å². The van der Waals surface area contributed by atoms with E-state index in [1.165, 1.54) is 0 Å². The normalized spacial score (nSPS) is 16.2. The summed E-state index contributed by atoms with van der Waals surface area (Å²) in [5.41, 5.74) is 0.501. The number of carboxylic acids is 1. The first-order valence-electron chi connectivity index (χ1n) is 8.34. The Kier molecular flexibility index (Phi) is 4.69. The average Bonchev–Trinajstić information content (AvgIpc) is 2.96. The molecule has 0 spiro atoms. The summed E-state index contributed by atoms with van der Waals surface area (Å²) in [6, 6.07) is 5.04. The number of aromatic carboxylic acids is 1. The third kappa shape index (κ3) is 4.10. The van der Waals surface area contributed by atoms with E-state index in [-0.39, 0.29) is 11.7 Å². The molecule has 1 aliphatic rings. The van der Waals surface area contributed by atoms with Crippen molar-refractivity contribution in [2.24, 2.45) is 0 Å². The minimum atomic E-state index is -0.942. The molecule has 6 nitrogen and oxygen atoms in total. The van der Waals surface area contributed by atoms with Gasteiger partial charge < -0.3 is 14.7 Å². The van der Waals surface area contributed by atoms with Gasteiger partial charge in [0.05, 0.1) is 20.8 Å². The summed E-state index contributed by atoms with van der Waals surface area (Å²) in [5, 5.41) is 10.1. The number of hydrogen-bond acceptors (Lipinski definition) is 5. The van der Waals surface area contributed by atoms with Crippen molar-refractivity contribution in [2.75, 3.05) is 13.1 Å². The SMILES string of the molecule is CC(C)(C)OC(=O)N1CCC(c2nc3cc(C(=O)O)ccc3s2)CC1. The minimum Gasteiger partial charge on any atom is -0.478 e. The number of benzene rings is 1. The van der Waals surface area contributed by atoms with Crippen LogP contribution in [0.5, 0.6) is 0 Å². The molecule has 1 saturated heterocycles. The molecule has 0 unspecified atom stereocenters. The van der Waals surface area contributed by atoms with E-state index >= 15 is 0 Å². The van der Waals surface area contributed by atoms with E-state index in [0.717, 1.165) is 28.1 Å². The number of nitrogens with zero attached hydrogens (tertiary/aromatic N) is 2. The van der Waals surface area contributed by atoms with Gasteiger partial charge >= 0.3 is 12.1 Å². The van der Waals surface area contributed by atoms with Crippen LogP contribution in [0.3, 0.4) is 0 Å². The molecule has 0 radical (unpaired) electrons. The van der Waals surface area contributed by atoms with Crippen molar-refractivity contribution < 1.29 is 19.4 Å². The van der Waals surface area contributed by atoms with Gasteiger partial charge in [-0.2, -0.15) is 0 Å². The number of fused-ring (bicyclic) bond motifs is 1. The highest BCUT2D eigenvalue weighted by Crippen LogP contribution is 2.34. The zero-order valence-electron chi connectivity index (χ0n) is 14.6. The maximum Gasteiger partial charge on any atom is 0.410 e. The highest BCUT2D eigenvalue weighted by molar-refractivity contribution is 7.18. The van der Waals surface area contributed by atoms with Crippen LogP contribution in [0.2, 0.25) is 0 Å². The molecule has 1 fully saturated rings. The number of carbonyl (C=O) groups excluding carboxylic acids is 1. The first-order chi connectivity index (χ1) is 11.7. The molecular formula is C18H22N2O4S. The molecule has 1 aromatic carbocycles. The highest BCUT2D eigenvalue weighted by Gasteiger charge is 2.28. The third-order valence-electron chi connectivity index (χ3n) is 4.15. The molecule has 0 bridgehead atoms. The van der Waals surface area contributed by atoms with Crippen molar-refractivity contribution in [2.45, 2.75) is 45.1 Å². The van der Waals surface area contributed by atoms with Gasteiger partial charge in [-0.25, -0.2) is 14.6 Å². The summed E-state index contributed by atoms with van der Waals surface area (Å²) in [5.74, 6) is -0.647. The van der Waals surface area contributed by atoms with E-state index in [1.807, 2.05) is 26.8 Å². The zero-order chi connectivity index (χ0) is 18.2. The molecule has 0 saturated carbocycles. The number of aromatic nitrogens is 1. The van der Waals surface area contributed by atoms with Gasteiger partial charge in [0, 0.05) is 19.0 Å². The fraction of sp³-hybridized carbons (Fsp3) is 0.500. The van der Waals surface area contributed by atoms with Crippen molar-refractivity contribution in [3.8, 4) is 0 Å². The monoisotopic (exact) mass is 362 g/mol. The lowest BCUT2D eigenvalue weighted by atomic mass is 9.98. The van der Waals surface area contributed by atoms with Gasteiger partial charge in [-0.05, 0) is 51.8 Å². The Morgan fingerprint density at radius 3 is 2.56 bits per heavy atom. The molecule has 1 aliphatic heterocycles. The van der Waals surface area contributed by atoms with Gasteiger partial charge in [-0.1, -0.05) is 0 Å². The van der Waals surface area contributed by atoms with Crippen LogP contribution in [0.4, 0.5) is 4.79 Å². The summed E-state index contributed by atoms with van der Waals surface area (Å²) in [4.78, 5) is 29.6. The van der Waals surface area contributed by atoms with E-state index in [1.54, 1.807) is 28.4 Å². The van der Waals surface area contributed by atoms with E-state index in [2.05, 4.69) is 4.98 Å². The number of thiazole rings is 1. The van der Waals surface area contributed by atoms with E-state index < -0.39 is 11.6 Å². The van der Waals surface area contributed by atoms with Gasteiger partial charge in [0.2, 0.25) is 0 Å². The third-order valence-corrected chi connectivity index (χ3v) is 5.35. The molecule has 1 N–H and O–H groups in total. The maximum absolute atomic E-state index is 12.1. The lowest BCUT2D eigenvalue weighted by molar-refractivity contribution is 0.0204. The zero-order valence-corrected chi connectivity index (χ0v) is 15.4. The molecule has 0 atom stereocenters. The number of piperidine rings is 1. The summed E-state index contributed by atoms with van der Waals surface area (Å²) in [6.07, 6.45) is 1.41. The van der Waals surface area contributed by atoms with Crippen LogP contribution in [0, 0.1) is 0 Å². The molecule has 0 aliphatic carbocycles. The van der Waals surface area contributed by atoms with Gasteiger partial charge in [0.1, 0.15) is 5.60 Å². The van der Waals surface area contributed by atoms with Crippen molar-refractivity contribution in [1.82, 2.24) is 9.88 Å². The average molecular weight is 362 g/mol. The number of likely N-dealkylation sites (tertiary alicyclic amines) is 1. The van der Waals surface area contributed by atoms with Crippen molar-refractivity contribution in [3.63, 3.8) is 0 Å². The first-order valence-corrected chi connectivity index (χ1v) is 9.16. The number of ether oxygens (including phenoxy) is 1. The van der Waals surface area contributed by atoms with Gasteiger partial charge in [-0.3, -0.25) is 0 Å². The van der Waals surface area contributed by atoms with Crippen molar-refractivity contribution >= 4 is 33.6 Å². The van der Waals surface area contributed by atoms with Crippen molar-refractivity contribution in [1.29, 1.82) is 0 Å². The second-order valence-electron chi connectivity index (χ2n) is 7.28. The van der Waals surface area contributed by atoms with E-state index in [4.69, 9.17) is 9.84 Å². The predicted molar refractivity (Wildman–Crippen MR) is 96.4 cm³/mol. The lowest BCUT2D eigenvalue weighted by Gasteiger charge is -2.32. The van der Waals surface area contributed by atoms with Crippen LogP contribution in [0.15, 0.2) is 18.2 Å². The fourth-order valence-electron chi connectivity index (χ4n) is 2.89. The van der Waals surface area contributed by atoms with Crippen LogP contribution in [0.25, 0.3) is 10.2 Å². The van der Waals surface area contributed by atoms with Gasteiger partial charge in [0.25, 0.3) is 0 Å². The first kappa shape index (κ1) is 17.7. The summed E-state index contributed by atoms with van der Waals surface area (Å²) < 4.78 is 6.42. The predicted octanol–water partition coefficient (Wildman–Crippen LogP) is 4.11. The Morgan fingerprint density at radius 2 is 1.96 bits per heavy atom. The second kappa shape index (κ2) is 6.63. The Labute approximate surface area is 150 Å². The Balaban J connectivity index is 1.67. The Hall–Kier alpha value is -2.15. The molecular weight excluding hydrogens is 340 g/mol. The summed E-state index contributed by atoms with van der Waals surface area (Å²) in [6.45, 7) is 6.89. The molecule has 2 aromatic rings. The smallest absolute Gasteiger partial charge is 0.410 e. The molecule has 7 heteroatoms.